The van der Waals surface area contributed by atoms with Crippen molar-refractivity contribution in [1.82, 2.24) is 9.78 Å². The molecule has 0 bridgehead atoms. The average molecular weight is 268 g/mol. The summed E-state index contributed by atoms with van der Waals surface area (Å²) in [7, 11) is 3.28. The monoisotopic (exact) mass is 267 g/mol. The molecule has 5 nitrogen and oxygen atoms in total. The highest BCUT2D eigenvalue weighted by Crippen LogP contribution is 2.31. The number of benzene rings is 1. The minimum absolute atomic E-state index is 0.0124. The van der Waals surface area contributed by atoms with Crippen molar-refractivity contribution in [3.63, 3.8) is 0 Å². The van der Waals surface area contributed by atoms with Gasteiger partial charge in [0.1, 0.15) is 6.61 Å². The van der Waals surface area contributed by atoms with Crippen molar-refractivity contribution < 1.29 is 9.53 Å². The number of fused-ring (bicyclic) bond motifs is 1. The van der Waals surface area contributed by atoms with Crippen molar-refractivity contribution >= 4 is 34.2 Å². The van der Waals surface area contributed by atoms with Crippen LogP contribution in [0, 0.1) is 6.92 Å². The van der Waals surface area contributed by atoms with Gasteiger partial charge in [0.15, 0.2) is 5.82 Å². The van der Waals surface area contributed by atoms with E-state index < -0.39 is 0 Å². The molecule has 0 aliphatic rings. The van der Waals surface area contributed by atoms with E-state index in [1.165, 1.54) is 7.11 Å². The Balaban J connectivity index is 2.52. The van der Waals surface area contributed by atoms with Crippen LogP contribution >= 0.6 is 11.6 Å². The molecule has 0 radical (unpaired) electrons. The summed E-state index contributed by atoms with van der Waals surface area (Å²) < 4.78 is 6.48. The maximum absolute atomic E-state index is 11.5. The first-order valence-electron chi connectivity index (χ1n) is 5.45. The van der Waals surface area contributed by atoms with Gasteiger partial charge in [0.05, 0.1) is 15.9 Å². The number of hydrogen-bond acceptors (Lipinski definition) is 3. The molecule has 1 aromatic heterocycles. The number of hydrogen-bond donors (Lipinski definition) is 1. The van der Waals surface area contributed by atoms with E-state index in [9.17, 15) is 4.79 Å². The number of nitrogens with zero attached hydrogens (tertiary/aromatic N) is 2. The Kier molecular flexibility index (Phi) is 3.54. The minimum Gasteiger partial charge on any atom is -0.375 e. The van der Waals surface area contributed by atoms with Crippen molar-refractivity contribution in [2.45, 2.75) is 6.92 Å². The highest BCUT2D eigenvalue weighted by atomic mass is 35.5. The van der Waals surface area contributed by atoms with Crippen LogP contribution in [0.4, 0.5) is 5.82 Å². The summed E-state index contributed by atoms with van der Waals surface area (Å²) in [5.74, 6) is 0.207. The van der Waals surface area contributed by atoms with Crippen LogP contribution in [-0.4, -0.2) is 29.4 Å². The van der Waals surface area contributed by atoms with Crippen molar-refractivity contribution in [2.24, 2.45) is 7.05 Å². The van der Waals surface area contributed by atoms with Gasteiger partial charge < -0.3 is 10.1 Å². The summed E-state index contributed by atoms with van der Waals surface area (Å²) in [6.07, 6.45) is 0. The number of carbonyl (C=O) groups excluding carboxylic acids is 1. The number of ether oxygens (including phenoxy) is 1. The standard InChI is InChI=1S/C12H14ClN3O2/c1-7-4-5-8(13)10-11(7)16(2)15-12(10)14-9(17)6-18-3/h4-5H,6H2,1-3H3,(H,14,15,17). The molecular formula is C12H14ClN3O2. The normalized spacial score (nSPS) is 10.9. The van der Waals surface area contributed by atoms with Gasteiger partial charge in [0, 0.05) is 14.2 Å². The fraction of sp³-hybridized carbons (Fsp3) is 0.333. The lowest BCUT2D eigenvalue weighted by Gasteiger charge is -2.03. The fourth-order valence-electron chi connectivity index (χ4n) is 1.95. The summed E-state index contributed by atoms with van der Waals surface area (Å²) in [5.41, 5.74) is 1.96. The van der Waals surface area contributed by atoms with Gasteiger partial charge in [0.25, 0.3) is 5.91 Å². The Morgan fingerprint density at radius 3 is 2.94 bits per heavy atom. The highest BCUT2D eigenvalue weighted by molar-refractivity contribution is 6.36. The average Bonchev–Trinajstić information content (AvgIpc) is 2.62. The van der Waals surface area contributed by atoms with E-state index in [2.05, 4.69) is 10.4 Å². The number of aryl methyl sites for hydroxylation is 2. The summed E-state index contributed by atoms with van der Waals surface area (Å²) in [6, 6.07) is 3.72. The third kappa shape index (κ3) is 2.19. The van der Waals surface area contributed by atoms with Crippen LogP contribution in [0.2, 0.25) is 5.02 Å². The first-order valence-corrected chi connectivity index (χ1v) is 5.83. The van der Waals surface area contributed by atoms with E-state index in [0.29, 0.717) is 10.8 Å². The number of anilines is 1. The molecule has 0 aliphatic heterocycles. The van der Waals surface area contributed by atoms with Crippen LogP contribution in [0.1, 0.15) is 5.56 Å². The smallest absolute Gasteiger partial charge is 0.251 e. The van der Waals surface area contributed by atoms with Crippen LogP contribution in [-0.2, 0) is 16.6 Å². The second kappa shape index (κ2) is 4.96. The maximum Gasteiger partial charge on any atom is 0.251 e. The van der Waals surface area contributed by atoms with Gasteiger partial charge >= 0.3 is 0 Å². The third-order valence-electron chi connectivity index (χ3n) is 2.67. The molecule has 1 amide bonds. The molecule has 2 aromatic rings. The predicted molar refractivity (Wildman–Crippen MR) is 71.0 cm³/mol. The number of halogens is 1. The van der Waals surface area contributed by atoms with E-state index >= 15 is 0 Å². The number of amides is 1. The van der Waals surface area contributed by atoms with E-state index in [0.717, 1.165) is 16.5 Å². The first kappa shape index (κ1) is 12.9. The molecule has 0 atom stereocenters. The van der Waals surface area contributed by atoms with Gasteiger partial charge in [-0.3, -0.25) is 9.48 Å². The molecule has 0 spiro atoms. The van der Waals surface area contributed by atoms with Gasteiger partial charge in [-0.1, -0.05) is 17.7 Å². The van der Waals surface area contributed by atoms with Gasteiger partial charge in [-0.25, -0.2) is 0 Å². The lowest BCUT2D eigenvalue weighted by atomic mass is 10.1. The van der Waals surface area contributed by atoms with E-state index in [4.69, 9.17) is 16.3 Å². The van der Waals surface area contributed by atoms with Gasteiger partial charge in [-0.05, 0) is 18.6 Å². The zero-order valence-corrected chi connectivity index (χ0v) is 11.2. The SMILES string of the molecule is COCC(=O)Nc1nn(C)c2c(C)ccc(Cl)c12. The van der Waals surface area contributed by atoms with E-state index in [1.807, 2.05) is 20.0 Å². The molecule has 18 heavy (non-hydrogen) atoms. The van der Waals surface area contributed by atoms with Gasteiger partial charge in [-0.2, -0.15) is 5.10 Å². The minimum atomic E-state index is -0.255. The molecule has 0 fully saturated rings. The molecule has 0 unspecified atom stereocenters. The van der Waals surface area contributed by atoms with E-state index in [-0.39, 0.29) is 12.5 Å². The lowest BCUT2D eigenvalue weighted by molar-refractivity contribution is -0.119. The van der Waals surface area contributed by atoms with Crippen LogP contribution in [0.3, 0.4) is 0 Å². The number of aromatic nitrogens is 2. The van der Waals surface area contributed by atoms with Crippen molar-refractivity contribution in [3.8, 4) is 0 Å². The maximum atomic E-state index is 11.5. The Morgan fingerprint density at radius 2 is 2.28 bits per heavy atom. The Bertz CT molecular complexity index is 607. The van der Waals surface area contributed by atoms with Gasteiger partial charge in [-0.15, -0.1) is 0 Å². The molecule has 0 saturated heterocycles. The van der Waals surface area contributed by atoms with Crippen LogP contribution in [0.15, 0.2) is 12.1 Å². The van der Waals surface area contributed by atoms with Gasteiger partial charge in [0.2, 0.25) is 0 Å². The van der Waals surface area contributed by atoms with E-state index in [1.54, 1.807) is 10.7 Å². The topological polar surface area (TPSA) is 56.1 Å². The highest BCUT2D eigenvalue weighted by Gasteiger charge is 2.15. The molecule has 1 aromatic carbocycles. The third-order valence-corrected chi connectivity index (χ3v) is 2.99. The fourth-order valence-corrected chi connectivity index (χ4v) is 2.19. The molecule has 96 valence electrons. The molecule has 0 aliphatic carbocycles. The molecule has 2 rings (SSSR count). The number of carbonyl (C=O) groups is 1. The second-order valence-electron chi connectivity index (χ2n) is 4.04. The first-order chi connectivity index (χ1) is 8.54. The largest absolute Gasteiger partial charge is 0.375 e. The molecule has 0 saturated carbocycles. The summed E-state index contributed by atoms with van der Waals surface area (Å²) in [5, 5.41) is 8.29. The lowest BCUT2D eigenvalue weighted by Crippen LogP contribution is -2.17. The number of methoxy groups -OCH3 is 1. The molecular weight excluding hydrogens is 254 g/mol. The van der Waals surface area contributed by atoms with Crippen LogP contribution < -0.4 is 5.32 Å². The molecule has 1 heterocycles. The quantitative estimate of drug-likeness (QED) is 0.927. The summed E-state index contributed by atoms with van der Waals surface area (Å²) >= 11 is 6.17. The van der Waals surface area contributed by atoms with Crippen molar-refractivity contribution in [2.75, 3.05) is 19.0 Å². The Morgan fingerprint density at radius 1 is 1.56 bits per heavy atom. The van der Waals surface area contributed by atoms with Crippen LogP contribution in [0.25, 0.3) is 10.9 Å². The van der Waals surface area contributed by atoms with Crippen LogP contribution in [0.5, 0.6) is 0 Å². The number of nitrogens with one attached hydrogen (secondary N) is 1. The zero-order valence-electron chi connectivity index (χ0n) is 10.5. The summed E-state index contributed by atoms with van der Waals surface area (Å²) in [6.45, 7) is 1.96. The molecule has 1 N–H and O–H groups in total. The van der Waals surface area contributed by atoms with Crippen molar-refractivity contribution in [3.05, 3.63) is 22.7 Å². The zero-order chi connectivity index (χ0) is 13.3. The second-order valence-corrected chi connectivity index (χ2v) is 4.45. The Hall–Kier alpha value is -1.59. The summed E-state index contributed by atoms with van der Waals surface area (Å²) in [4.78, 5) is 11.5. The van der Waals surface area contributed by atoms with Crippen molar-refractivity contribution in [1.29, 1.82) is 0 Å². The predicted octanol–water partition coefficient (Wildman–Crippen LogP) is 2.12. The number of rotatable bonds is 3. The Labute approximate surface area is 110 Å². The molecule has 6 heteroatoms.